The van der Waals surface area contributed by atoms with E-state index in [0.29, 0.717) is 6.61 Å². The van der Waals surface area contributed by atoms with E-state index in [1.54, 1.807) is 31.0 Å². The maximum atomic E-state index is 14.1. The lowest BCUT2D eigenvalue weighted by molar-refractivity contribution is -0.197. The van der Waals surface area contributed by atoms with Crippen molar-refractivity contribution in [1.29, 1.82) is 0 Å². The molecular formula is C28H39F2N3O2S. The number of alkyl halides is 2. The van der Waals surface area contributed by atoms with Crippen LogP contribution < -0.4 is 4.90 Å². The van der Waals surface area contributed by atoms with Gasteiger partial charge < -0.3 is 24.2 Å². The van der Waals surface area contributed by atoms with Crippen molar-refractivity contribution in [1.82, 2.24) is 9.80 Å². The molecule has 0 bridgehead atoms. The van der Waals surface area contributed by atoms with Crippen LogP contribution in [0, 0.1) is 0 Å². The Labute approximate surface area is 218 Å². The van der Waals surface area contributed by atoms with E-state index in [4.69, 9.17) is 9.47 Å². The Morgan fingerprint density at radius 1 is 0.833 bits per heavy atom. The van der Waals surface area contributed by atoms with Gasteiger partial charge in [-0.05, 0) is 57.5 Å². The van der Waals surface area contributed by atoms with E-state index in [9.17, 15) is 8.78 Å². The molecule has 2 aromatic carbocycles. The van der Waals surface area contributed by atoms with Crippen LogP contribution in [0.4, 0.5) is 20.2 Å². The number of anilines is 2. The summed E-state index contributed by atoms with van der Waals surface area (Å²) in [5, 5.41) is 0. The summed E-state index contributed by atoms with van der Waals surface area (Å²) in [5.74, 6) is -3.38. The predicted octanol–water partition coefficient (Wildman–Crippen LogP) is 6.20. The lowest BCUT2D eigenvalue weighted by atomic mass is 10.1. The molecule has 2 aliphatic heterocycles. The Morgan fingerprint density at radius 3 is 2.14 bits per heavy atom. The molecule has 0 unspecified atom stereocenters. The third kappa shape index (κ3) is 6.98. The van der Waals surface area contributed by atoms with E-state index < -0.39 is 11.7 Å². The maximum absolute atomic E-state index is 14.1. The van der Waals surface area contributed by atoms with Gasteiger partial charge in [-0.25, -0.2) is 8.78 Å². The van der Waals surface area contributed by atoms with Crippen LogP contribution in [0.5, 0.6) is 0 Å². The summed E-state index contributed by atoms with van der Waals surface area (Å²) in [4.78, 5) is 9.46. The number of ether oxygens (including phenoxy) is 2. The molecule has 0 aromatic heterocycles. The van der Waals surface area contributed by atoms with E-state index in [2.05, 4.69) is 26.8 Å². The third-order valence-corrected chi connectivity index (χ3v) is 8.14. The van der Waals surface area contributed by atoms with Crippen molar-refractivity contribution in [2.45, 2.75) is 55.1 Å². The average molecular weight is 520 g/mol. The largest absolute Gasteiger partial charge is 0.354 e. The molecule has 2 aliphatic rings. The first-order valence-corrected chi connectivity index (χ1v) is 13.7. The van der Waals surface area contributed by atoms with Crippen molar-refractivity contribution in [3.05, 3.63) is 48.0 Å². The number of fused-ring (bicyclic) bond motifs is 2. The molecule has 5 nitrogen and oxygen atoms in total. The molecule has 0 atom stereocenters. The fraction of sp³-hybridized carbons (Fsp3) is 0.571. The van der Waals surface area contributed by atoms with Crippen LogP contribution in [0.2, 0.25) is 0 Å². The van der Waals surface area contributed by atoms with E-state index in [1.165, 1.54) is 4.90 Å². The summed E-state index contributed by atoms with van der Waals surface area (Å²) in [7, 11) is 1.67. The zero-order chi connectivity index (χ0) is 25.8. The van der Waals surface area contributed by atoms with E-state index in [-0.39, 0.29) is 5.56 Å². The monoisotopic (exact) mass is 519 g/mol. The summed E-state index contributed by atoms with van der Waals surface area (Å²) in [6, 6.07) is 13.3. The minimum Gasteiger partial charge on any atom is -0.354 e. The van der Waals surface area contributed by atoms with Crippen LogP contribution in [0.3, 0.4) is 0 Å². The summed E-state index contributed by atoms with van der Waals surface area (Å²) in [6.45, 7) is 12.6. The molecule has 0 N–H and O–H groups in total. The number of methoxy groups -OCH3 is 1. The second-order valence-corrected chi connectivity index (χ2v) is 11.2. The Bertz CT molecular complexity index is 1010. The number of nitrogens with zero attached hydrogens (tertiary/aromatic N) is 3. The molecule has 2 heterocycles. The fourth-order valence-electron chi connectivity index (χ4n) is 4.70. The van der Waals surface area contributed by atoms with Gasteiger partial charge in [0, 0.05) is 68.7 Å². The van der Waals surface area contributed by atoms with Gasteiger partial charge in [-0.3, -0.25) is 0 Å². The van der Waals surface area contributed by atoms with Crippen LogP contribution >= 0.6 is 11.8 Å². The van der Waals surface area contributed by atoms with E-state index in [1.807, 2.05) is 32.0 Å². The van der Waals surface area contributed by atoms with Gasteiger partial charge in [0.1, 0.15) is 0 Å². The van der Waals surface area contributed by atoms with E-state index >= 15 is 0 Å². The number of halogens is 2. The lowest BCUT2D eigenvalue weighted by Crippen LogP contribution is -2.47. The van der Waals surface area contributed by atoms with E-state index in [0.717, 1.165) is 81.8 Å². The van der Waals surface area contributed by atoms with Gasteiger partial charge in [0.25, 0.3) is 5.92 Å². The minimum absolute atomic E-state index is 0.0681. The van der Waals surface area contributed by atoms with Gasteiger partial charge in [-0.1, -0.05) is 30.0 Å². The molecule has 0 saturated carbocycles. The number of hydrogen-bond acceptors (Lipinski definition) is 6. The summed E-state index contributed by atoms with van der Waals surface area (Å²) in [5.41, 5.74) is 2.07. The summed E-state index contributed by atoms with van der Waals surface area (Å²) in [6.07, 6.45) is 1.97. The number of hydrogen-bond donors (Lipinski definition) is 0. The van der Waals surface area contributed by atoms with Gasteiger partial charge in [0.2, 0.25) is 0 Å². The first-order valence-electron chi connectivity index (χ1n) is 12.9. The Balaban J connectivity index is 1.29. The van der Waals surface area contributed by atoms with Crippen LogP contribution in [0.15, 0.2) is 52.3 Å². The summed E-state index contributed by atoms with van der Waals surface area (Å²) >= 11 is 1.66. The highest BCUT2D eigenvalue weighted by atomic mass is 32.2. The standard InChI is InChI=1S/C28H39F2N3O2S/c1-27(2,34-4)35-20-8-14-32-18-16-31(17-19-32)13-7-15-33-23-9-5-6-10-25(23)36-26-12-11-22(21-24(26)33)28(3,29)30/h5-6,9-12,21H,7-8,13-20H2,1-4H3. The predicted molar refractivity (Wildman–Crippen MR) is 143 cm³/mol. The van der Waals surface area contributed by atoms with Gasteiger partial charge in [0.15, 0.2) is 5.79 Å². The molecule has 1 fully saturated rings. The number of para-hydroxylation sites is 1. The van der Waals surface area contributed by atoms with Crippen LogP contribution in [-0.2, 0) is 15.4 Å². The molecule has 0 aliphatic carbocycles. The van der Waals surface area contributed by atoms with Crippen LogP contribution in [0.25, 0.3) is 0 Å². The lowest BCUT2D eigenvalue weighted by Gasteiger charge is -2.36. The number of piperazine rings is 1. The SMILES string of the molecule is COC(C)(C)OCCCN1CCN(CCCN2c3ccccc3Sc3ccc(C(C)(F)F)cc32)CC1. The quantitative estimate of drug-likeness (QED) is 0.259. The molecule has 8 heteroatoms. The maximum Gasteiger partial charge on any atom is 0.270 e. The van der Waals surface area contributed by atoms with Crippen molar-refractivity contribution in [2.24, 2.45) is 0 Å². The van der Waals surface area contributed by atoms with Gasteiger partial charge >= 0.3 is 0 Å². The zero-order valence-electron chi connectivity index (χ0n) is 21.9. The molecule has 0 radical (unpaired) electrons. The van der Waals surface area contributed by atoms with Gasteiger partial charge in [0.05, 0.1) is 18.0 Å². The van der Waals surface area contributed by atoms with Crippen LogP contribution in [-0.4, -0.2) is 75.1 Å². The van der Waals surface area contributed by atoms with Crippen molar-refractivity contribution in [3.63, 3.8) is 0 Å². The molecule has 1 saturated heterocycles. The molecule has 4 rings (SSSR count). The smallest absolute Gasteiger partial charge is 0.270 e. The second-order valence-electron chi connectivity index (χ2n) is 10.1. The summed E-state index contributed by atoms with van der Waals surface area (Å²) < 4.78 is 39.3. The average Bonchev–Trinajstić information content (AvgIpc) is 2.86. The fourth-order valence-corrected chi connectivity index (χ4v) is 5.77. The van der Waals surface area contributed by atoms with Crippen molar-refractivity contribution in [3.8, 4) is 0 Å². The topological polar surface area (TPSA) is 28.2 Å². The Hall–Kier alpha value is -1.71. The normalized spacial score (nSPS) is 17.2. The van der Waals surface area contributed by atoms with Crippen molar-refractivity contribution in [2.75, 3.05) is 64.4 Å². The first kappa shape index (κ1) is 27.3. The molecule has 198 valence electrons. The first-order chi connectivity index (χ1) is 17.2. The number of rotatable bonds is 11. The second kappa shape index (κ2) is 11.8. The number of benzene rings is 2. The highest BCUT2D eigenvalue weighted by molar-refractivity contribution is 7.99. The zero-order valence-corrected chi connectivity index (χ0v) is 22.8. The van der Waals surface area contributed by atoms with Crippen molar-refractivity contribution < 1.29 is 18.3 Å². The molecular weight excluding hydrogens is 480 g/mol. The molecule has 0 spiro atoms. The van der Waals surface area contributed by atoms with Crippen LogP contribution in [0.1, 0.15) is 39.2 Å². The molecule has 0 amide bonds. The third-order valence-electron chi connectivity index (χ3n) is 7.01. The molecule has 2 aromatic rings. The van der Waals surface area contributed by atoms with Crippen molar-refractivity contribution >= 4 is 23.1 Å². The van der Waals surface area contributed by atoms with Gasteiger partial charge in [-0.15, -0.1) is 0 Å². The highest BCUT2D eigenvalue weighted by Crippen LogP contribution is 2.49. The minimum atomic E-state index is -2.85. The Morgan fingerprint density at radius 2 is 1.47 bits per heavy atom. The Kier molecular flexibility index (Phi) is 8.94. The molecule has 36 heavy (non-hydrogen) atoms. The highest BCUT2D eigenvalue weighted by Gasteiger charge is 2.29. The van der Waals surface area contributed by atoms with Gasteiger partial charge in [-0.2, -0.15) is 0 Å².